The molecule has 1 fully saturated rings. The van der Waals surface area contributed by atoms with E-state index in [4.69, 9.17) is 5.11 Å². The summed E-state index contributed by atoms with van der Waals surface area (Å²) in [4.78, 5) is 15.0. The van der Waals surface area contributed by atoms with Gasteiger partial charge in [-0.3, -0.25) is 14.6 Å². The molecular weight excluding hydrogens is 180 g/mol. The molecule has 0 radical (unpaired) electrons. The average Bonchev–Trinajstić information content (AvgIpc) is 2.01. The van der Waals surface area contributed by atoms with Crippen LogP contribution in [0.1, 0.15) is 20.8 Å². The van der Waals surface area contributed by atoms with Crippen LogP contribution in [0.5, 0.6) is 0 Å². The van der Waals surface area contributed by atoms with Gasteiger partial charge in [-0.2, -0.15) is 0 Å². The molecule has 1 heterocycles. The maximum atomic E-state index is 10.5. The lowest BCUT2D eigenvalue weighted by atomic mass is 10.1. The van der Waals surface area contributed by atoms with Gasteiger partial charge < -0.3 is 5.11 Å². The van der Waals surface area contributed by atoms with E-state index in [1.54, 1.807) is 0 Å². The van der Waals surface area contributed by atoms with Crippen LogP contribution in [0, 0.1) is 0 Å². The van der Waals surface area contributed by atoms with Crippen molar-refractivity contribution in [3.63, 3.8) is 0 Å². The number of carboxylic acids is 1. The molecule has 1 saturated heterocycles. The van der Waals surface area contributed by atoms with Crippen LogP contribution in [-0.2, 0) is 4.79 Å². The average molecular weight is 200 g/mol. The van der Waals surface area contributed by atoms with Crippen LogP contribution in [0.3, 0.4) is 0 Å². The molecular formula is C10H20N2O2. The first kappa shape index (κ1) is 11.5. The molecule has 4 nitrogen and oxygen atoms in total. The molecule has 0 aromatic rings. The number of carbonyl (C=O) groups is 1. The first-order valence-electron chi connectivity index (χ1n) is 5.20. The number of nitrogens with zero attached hydrogens (tertiary/aromatic N) is 2. The van der Waals surface area contributed by atoms with Crippen LogP contribution in [-0.4, -0.2) is 59.1 Å². The molecule has 14 heavy (non-hydrogen) atoms. The summed E-state index contributed by atoms with van der Waals surface area (Å²) >= 11 is 0. The lowest BCUT2D eigenvalue weighted by molar-refractivity contribution is -0.139. The fraction of sp³-hybridized carbons (Fsp3) is 0.900. The lowest BCUT2D eigenvalue weighted by Crippen LogP contribution is -2.54. The van der Waals surface area contributed by atoms with Crippen LogP contribution >= 0.6 is 0 Å². The molecule has 0 aromatic carbocycles. The first-order chi connectivity index (χ1) is 6.50. The summed E-state index contributed by atoms with van der Waals surface area (Å²) in [7, 11) is 0. The van der Waals surface area contributed by atoms with Crippen molar-refractivity contribution in [1.82, 2.24) is 9.80 Å². The summed E-state index contributed by atoms with van der Waals surface area (Å²) in [5.74, 6) is -0.727. The van der Waals surface area contributed by atoms with Gasteiger partial charge in [0.2, 0.25) is 0 Å². The molecule has 0 aromatic heterocycles. The van der Waals surface area contributed by atoms with Gasteiger partial charge in [0.25, 0.3) is 0 Å². The van der Waals surface area contributed by atoms with E-state index in [0.29, 0.717) is 12.1 Å². The van der Waals surface area contributed by atoms with Crippen molar-refractivity contribution in [2.75, 3.05) is 26.2 Å². The van der Waals surface area contributed by atoms with E-state index in [0.717, 1.165) is 19.6 Å². The van der Waals surface area contributed by atoms with E-state index in [9.17, 15) is 4.79 Å². The van der Waals surface area contributed by atoms with Crippen molar-refractivity contribution in [3.8, 4) is 0 Å². The number of rotatable bonds is 3. The van der Waals surface area contributed by atoms with E-state index in [1.807, 2.05) is 4.90 Å². The van der Waals surface area contributed by atoms with Crippen molar-refractivity contribution < 1.29 is 9.90 Å². The standard InChI is InChI=1S/C10H20N2O2/c1-8(2)12-5-4-11(6-9(12)3)7-10(13)14/h8-9H,4-7H2,1-3H3,(H,13,14). The van der Waals surface area contributed by atoms with Crippen molar-refractivity contribution in [2.45, 2.75) is 32.9 Å². The molecule has 0 aliphatic carbocycles. The van der Waals surface area contributed by atoms with Crippen molar-refractivity contribution in [3.05, 3.63) is 0 Å². The van der Waals surface area contributed by atoms with Gasteiger partial charge in [0.15, 0.2) is 0 Å². The smallest absolute Gasteiger partial charge is 0.317 e. The minimum atomic E-state index is -0.727. The Hall–Kier alpha value is -0.610. The van der Waals surface area contributed by atoms with Gasteiger partial charge in [-0.15, -0.1) is 0 Å². The number of piperazine rings is 1. The van der Waals surface area contributed by atoms with Gasteiger partial charge >= 0.3 is 5.97 Å². The second-order valence-electron chi connectivity index (χ2n) is 4.31. The maximum absolute atomic E-state index is 10.5. The van der Waals surface area contributed by atoms with Crippen LogP contribution < -0.4 is 0 Å². The van der Waals surface area contributed by atoms with E-state index in [1.165, 1.54) is 0 Å². The quantitative estimate of drug-likeness (QED) is 0.720. The van der Waals surface area contributed by atoms with E-state index < -0.39 is 5.97 Å². The number of hydrogen-bond donors (Lipinski definition) is 1. The minimum absolute atomic E-state index is 0.177. The summed E-state index contributed by atoms with van der Waals surface area (Å²) in [5, 5.41) is 8.67. The molecule has 1 rings (SSSR count). The fourth-order valence-corrected chi connectivity index (χ4v) is 2.15. The van der Waals surface area contributed by atoms with Gasteiger partial charge in [-0.25, -0.2) is 0 Å². The van der Waals surface area contributed by atoms with Gasteiger partial charge in [0.1, 0.15) is 0 Å². The predicted octanol–water partition coefficient (Wildman–Crippen LogP) is 0.486. The molecule has 1 aliphatic rings. The Morgan fingerprint density at radius 3 is 2.57 bits per heavy atom. The van der Waals surface area contributed by atoms with Crippen LogP contribution in [0.15, 0.2) is 0 Å². The van der Waals surface area contributed by atoms with Gasteiger partial charge in [-0.1, -0.05) is 0 Å². The zero-order chi connectivity index (χ0) is 10.7. The van der Waals surface area contributed by atoms with Crippen molar-refractivity contribution in [2.24, 2.45) is 0 Å². The van der Waals surface area contributed by atoms with Crippen LogP contribution in [0.2, 0.25) is 0 Å². The third-order valence-corrected chi connectivity index (χ3v) is 2.79. The van der Waals surface area contributed by atoms with Crippen molar-refractivity contribution >= 4 is 5.97 Å². The third-order valence-electron chi connectivity index (χ3n) is 2.79. The Labute approximate surface area is 85.5 Å². The Bertz CT molecular complexity index is 206. The van der Waals surface area contributed by atoms with Gasteiger partial charge in [0, 0.05) is 31.7 Å². The largest absolute Gasteiger partial charge is 0.480 e. The first-order valence-corrected chi connectivity index (χ1v) is 5.20. The SMILES string of the molecule is CC(C)N1CCN(CC(=O)O)CC1C. The Balaban J connectivity index is 2.42. The highest BCUT2D eigenvalue weighted by Crippen LogP contribution is 2.12. The normalized spacial score (nSPS) is 25.6. The fourth-order valence-electron chi connectivity index (χ4n) is 2.15. The summed E-state index contributed by atoms with van der Waals surface area (Å²) < 4.78 is 0. The van der Waals surface area contributed by atoms with E-state index in [-0.39, 0.29) is 6.54 Å². The molecule has 1 unspecified atom stereocenters. The summed E-state index contributed by atoms with van der Waals surface area (Å²) in [6.45, 7) is 9.42. The van der Waals surface area contributed by atoms with E-state index in [2.05, 4.69) is 25.7 Å². The highest BCUT2D eigenvalue weighted by Gasteiger charge is 2.25. The molecule has 1 N–H and O–H groups in total. The second-order valence-corrected chi connectivity index (χ2v) is 4.31. The molecule has 0 amide bonds. The van der Waals surface area contributed by atoms with Gasteiger partial charge in [0.05, 0.1) is 6.54 Å². The Morgan fingerprint density at radius 1 is 1.50 bits per heavy atom. The molecule has 1 aliphatic heterocycles. The molecule has 0 bridgehead atoms. The molecule has 4 heteroatoms. The maximum Gasteiger partial charge on any atom is 0.317 e. The lowest BCUT2D eigenvalue weighted by Gasteiger charge is -2.41. The highest BCUT2D eigenvalue weighted by atomic mass is 16.4. The highest BCUT2D eigenvalue weighted by molar-refractivity contribution is 5.69. The Kier molecular flexibility index (Phi) is 3.89. The van der Waals surface area contributed by atoms with Gasteiger partial charge in [-0.05, 0) is 20.8 Å². The van der Waals surface area contributed by atoms with Crippen LogP contribution in [0.25, 0.3) is 0 Å². The summed E-state index contributed by atoms with van der Waals surface area (Å²) in [6, 6.07) is 1.01. The summed E-state index contributed by atoms with van der Waals surface area (Å²) in [5.41, 5.74) is 0. The minimum Gasteiger partial charge on any atom is -0.480 e. The number of hydrogen-bond acceptors (Lipinski definition) is 3. The van der Waals surface area contributed by atoms with Crippen LogP contribution in [0.4, 0.5) is 0 Å². The monoisotopic (exact) mass is 200 g/mol. The topological polar surface area (TPSA) is 43.8 Å². The number of carboxylic acid groups (broad SMARTS) is 1. The summed E-state index contributed by atoms with van der Waals surface area (Å²) in [6.07, 6.45) is 0. The molecule has 82 valence electrons. The third kappa shape index (κ3) is 2.96. The molecule has 0 spiro atoms. The van der Waals surface area contributed by atoms with E-state index >= 15 is 0 Å². The van der Waals surface area contributed by atoms with Crippen molar-refractivity contribution in [1.29, 1.82) is 0 Å². The Morgan fingerprint density at radius 2 is 2.14 bits per heavy atom. The zero-order valence-corrected chi connectivity index (χ0v) is 9.23. The molecule has 1 atom stereocenters. The number of aliphatic carboxylic acids is 1. The molecule has 0 saturated carbocycles. The zero-order valence-electron chi connectivity index (χ0n) is 9.23. The predicted molar refractivity (Wildman–Crippen MR) is 55.4 cm³/mol. The second kappa shape index (κ2) is 4.75.